The molecule has 1 amide bonds. The van der Waals surface area contributed by atoms with E-state index >= 15 is 0 Å². The van der Waals surface area contributed by atoms with Crippen LogP contribution in [0.4, 0.5) is 0 Å². The molecule has 1 aliphatic rings. The van der Waals surface area contributed by atoms with E-state index in [1.165, 1.54) is 6.07 Å². The summed E-state index contributed by atoms with van der Waals surface area (Å²) in [5.41, 5.74) is 7.19. The Hall–Kier alpha value is -1.89. The van der Waals surface area contributed by atoms with E-state index in [0.717, 1.165) is 24.8 Å². The predicted molar refractivity (Wildman–Crippen MR) is 113 cm³/mol. The van der Waals surface area contributed by atoms with Crippen LogP contribution < -0.4 is 5.73 Å². The van der Waals surface area contributed by atoms with Crippen LogP contribution in [0, 0.1) is 0 Å². The van der Waals surface area contributed by atoms with Gasteiger partial charge in [-0.25, -0.2) is 8.42 Å². The molecule has 2 aromatic carbocycles. The van der Waals surface area contributed by atoms with Crippen LogP contribution in [0.5, 0.6) is 0 Å². The van der Waals surface area contributed by atoms with Crippen LogP contribution in [0.15, 0.2) is 59.5 Å². The predicted octanol–water partition coefficient (Wildman–Crippen LogP) is 3.42. The fraction of sp³-hybridized carbons (Fsp3) is 0.381. The quantitative estimate of drug-likeness (QED) is 0.800. The number of carbonyl (C=O) groups is 1. The lowest BCUT2D eigenvalue weighted by atomic mass is 9.96. The molecule has 2 N–H and O–H groups in total. The summed E-state index contributed by atoms with van der Waals surface area (Å²) in [6.45, 7) is 2.57. The van der Waals surface area contributed by atoms with E-state index in [0.29, 0.717) is 12.1 Å². The van der Waals surface area contributed by atoms with Gasteiger partial charge in [0.15, 0.2) is 9.84 Å². The van der Waals surface area contributed by atoms with Crippen molar-refractivity contribution in [1.82, 2.24) is 4.90 Å². The molecule has 0 radical (unpaired) electrons. The zero-order valence-electron chi connectivity index (χ0n) is 16.0. The number of rotatable bonds is 5. The number of nitrogens with zero attached hydrogens (tertiary/aromatic N) is 1. The number of hydrogen-bond donors (Lipinski definition) is 1. The topological polar surface area (TPSA) is 80.5 Å². The van der Waals surface area contributed by atoms with Gasteiger partial charge in [0.1, 0.15) is 0 Å². The first kappa shape index (κ1) is 22.4. The highest BCUT2D eigenvalue weighted by Crippen LogP contribution is 2.23. The van der Waals surface area contributed by atoms with Gasteiger partial charge in [-0.15, -0.1) is 12.4 Å². The highest BCUT2D eigenvalue weighted by Gasteiger charge is 2.30. The van der Waals surface area contributed by atoms with Crippen LogP contribution in [-0.2, 0) is 15.6 Å². The van der Waals surface area contributed by atoms with Gasteiger partial charge in [-0.2, -0.15) is 0 Å². The molecule has 2 aromatic rings. The van der Waals surface area contributed by atoms with E-state index in [2.05, 4.69) is 0 Å². The summed E-state index contributed by atoms with van der Waals surface area (Å²) >= 11 is 0. The average molecular weight is 423 g/mol. The lowest BCUT2D eigenvalue weighted by Crippen LogP contribution is -2.51. The fourth-order valence-electron chi connectivity index (χ4n) is 3.62. The molecule has 152 valence electrons. The number of piperidine rings is 1. The minimum atomic E-state index is -3.53. The maximum Gasteiger partial charge on any atom is 0.254 e. The van der Waals surface area contributed by atoms with E-state index in [-0.39, 0.29) is 41.0 Å². The molecular formula is C21H27ClN2O3S. The first-order valence-electron chi connectivity index (χ1n) is 9.32. The van der Waals surface area contributed by atoms with Crippen LogP contribution in [0.1, 0.15) is 42.1 Å². The van der Waals surface area contributed by atoms with Crippen LogP contribution in [0.2, 0.25) is 0 Å². The van der Waals surface area contributed by atoms with Crippen LogP contribution in [0.25, 0.3) is 0 Å². The second-order valence-electron chi connectivity index (χ2n) is 7.19. The van der Waals surface area contributed by atoms with Crippen molar-refractivity contribution < 1.29 is 13.2 Å². The van der Waals surface area contributed by atoms with E-state index < -0.39 is 9.84 Å². The molecule has 0 spiro atoms. The van der Waals surface area contributed by atoms with Gasteiger partial charge in [-0.3, -0.25) is 4.79 Å². The maximum atomic E-state index is 13.0. The third-order valence-electron chi connectivity index (χ3n) is 5.06. The van der Waals surface area contributed by atoms with Gasteiger partial charge in [0.25, 0.3) is 5.91 Å². The third-order valence-corrected chi connectivity index (χ3v) is 6.74. The summed E-state index contributed by atoms with van der Waals surface area (Å²) in [5, 5.41) is 0. The number of likely N-dealkylation sites (tertiary alicyclic amines) is 1. The van der Waals surface area contributed by atoms with Crippen LogP contribution in [-0.4, -0.2) is 37.9 Å². The van der Waals surface area contributed by atoms with Crippen molar-refractivity contribution in [3.8, 4) is 0 Å². The molecule has 1 heterocycles. The Balaban J connectivity index is 0.00000280. The van der Waals surface area contributed by atoms with E-state index in [9.17, 15) is 13.2 Å². The summed E-state index contributed by atoms with van der Waals surface area (Å²) < 4.78 is 25.6. The van der Waals surface area contributed by atoms with Crippen molar-refractivity contribution >= 4 is 28.2 Å². The van der Waals surface area contributed by atoms with Gasteiger partial charge >= 0.3 is 0 Å². The largest absolute Gasteiger partial charge is 0.334 e. The van der Waals surface area contributed by atoms with E-state index in [1.807, 2.05) is 25.1 Å². The van der Waals surface area contributed by atoms with Crippen molar-refractivity contribution in [1.29, 1.82) is 0 Å². The third kappa shape index (κ3) is 5.13. The molecule has 5 nitrogen and oxygen atoms in total. The van der Waals surface area contributed by atoms with Gasteiger partial charge in [0.05, 0.1) is 10.6 Å². The first-order chi connectivity index (χ1) is 12.9. The molecule has 1 saturated heterocycles. The summed E-state index contributed by atoms with van der Waals surface area (Å²) in [6.07, 6.45) is 2.89. The zero-order chi connectivity index (χ0) is 19.4. The van der Waals surface area contributed by atoms with E-state index in [1.54, 1.807) is 35.2 Å². The molecular weight excluding hydrogens is 396 g/mol. The summed E-state index contributed by atoms with van der Waals surface area (Å²) in [6, 6.07) is 15.3. The van der Waals surface area contributed by atoms with Crippen molar-refractivity contribution in [3.63, 3.8) is 0 Å². The van der Waals surface area contributed by atoms with Gasteiger partial charge < -0.3 is 10.6 Å². The SMILES string of the molecule is CC(N)C1CCCCN1C(=O)c1cccc(S(=O)(=O)Cc2ccccc2)c1.Cl. The minimum Gasteiger partial charge on any atom is -0.334 e. The molecule has 28 heavy (non-hydrogen) atoms. The van der Waals surface area contributed by atoms with E-state index in [4.69, 9.17) is 5.73 Å². The van der Waals surface area contributed by atoms with Crippen molar-refractivity contribution in [2.24, 2.45) is 5.73 Å². The second kappa shape index (κ2) is 9.54. The molecule has 0 aromatic heterocycles. The lowest BCUT2D eigenvalue weighted by molar-refractivity contribution is 0.0583. The highest BCUT2D eigenvalue weighted by atomic mass is 35.5. The lowest BCUT2D eigenvalue weighted by Gasteiger charge is -2.38. The summed E-state index contributed by atoms with van der Waals surface area (Å²) in [7, 11) is -3.53. The number of sulfone groups is 1. The molecule has 2 atom stereocenters. The monoisotopic (exact) mass is 422 g/mol. The standard InChI is InChI=1S/C21H26N2O3S.ClH/c1-16(22)20-12-5-6-13-23(20)21(24)18-10-7-11-19(14-18)27(25,26)15-17-8-3-2-4-9-17;/h2-4,7-11,14,16,20H,5-6,12-13,15,22H2,1H3;1H. The molecule has 7 heteroatoms. The first-order valence-corrected chi connectivity index (χ1v) is 11.0. The fourth-order valence-corrected chi connectivity index (χ4v) is 5.01. The summed E-state index contributed by atoms with van der Waals surface area (Å²) in [4.78, 5) is 15.0. The van der Waals surface area contributed by atoms with Crippen LogP contribution in [0.3, 0.4) is 0 Å². The van der Waals surface area contributed by atoms with Gasteiger partial charge in [0.2, 0.25) is 0 Å². The highest BCUT2D eigenvalue weighted by molar-refractivity contribution is 7.90. The molecule has 3 rings (SSSR count). The van der Waals surface area contributed by atoms with Gasteiger partial charge in [-0.1, -0.05) is 36.4 Å². The molecule has 0 aliphatic carbocycles. The molecule has 0 saturated carbocycles. The normalized spacial score (nSPS) is 18.2. The maximum absolute atomic E-state index is 13.0. The molecule has 2 unspecified atom stereocenters. The number of hydrogen-bond acceptors (Lipinski definition) is 4. The van der Waals surface area contributed by atoms with Gasteiger partial charge in [-0.05, 0) is 49.9 Å². The number of amides is 1. The average Bonchev–Trinajstić information content (AvgIpc) is 2.68. The minimum absolute atomic E-state index is 0. The van der Waals surface area contributed by atoms with Crippen molar-refractivity contribution in [2.45, 2.75) is 48.9 Å². The molecule has 0 bridgehead atoms. The smallest absolute Gasteiger partial charge is 0.254 e. The number of benzene rings is 2. The zero-order valence-corrected chi connectivity index (χ0v) is 17.6. The number of carbonyl (C=O) groups excluding carboxylic acids is 1. The Morgan fingerprint density at radius 2 is 1.86 bits per heavy atom. The van der Waals surface area contributed by atoms with Gasteiger partial charge in [0, 0.05) is 24.2 Å². The molecule has 1 aliphatic heterocycles. The second-order valence-corrected chi connectivity index (χ2v) is 9.18. The Morgan fingerprint density at radius 3 is 2.54 bits per heavy atom. The Labute approximate surface area is 173 Å². The Morgan fingerprint density at radius 1 is 1.14 bits per heavy atom. The molecule has 1 fully saturated rings. The number of halogens is 1. The van der Waals surface area contributed by atoms with Crippen molar-refractivity contribution in [3.05, 3.63) is 65.7 Å². The van der Waals surface area contributed by atoms with Crippen molar-refractivity contribution in [2.75, 3.05) is 6.54 Å². The Bertz CT molecular complexity index is 901. The summed E-state index contributed by atoms with van der Waals surface area (Å²) in [5.74, 6) is -0.230. The number of nitrogens with two attached hydrogens (primary N) is 1. The van der Waals surface area contributed by atoms with Crippen LogP contribution >= 0.6 is 12.4 Å². The Kier molecular flexibility index (Phi) is 7.63.